The van der Waals surface area contributed by atoms with Crippen LogP contribution in [0.1, 0.15) is 0 Å². The largest absolute Gasteiger partial charge is 0.492 e. The molecule has 0 atom stereocenters. The molecule has 0 N–H and O–H groups in total. The summed E-state index contributed by atoms with van der Waals surface area (Å²) in [6.45, 7) is 1.40. The average Bonchev–Trinajstić information content (AvgIpc) is 2.85. The van der Waals surface area contributed by atoms with Crippen molar-refractivity contribution >= 4 is 22.5 Å². The number of ether oxygens (including phenoxy) is 1. The fraction of sp³-hybridized carbons (Fsp3) is 0.125. The second-order valence-electron chi connectivity index (χ2n) is 4.35. The molecule has 0 radical (unpaired) electrons. The molecule has 0 aliphatic carbocycles. The molecule has 1 heterocycles. The summed E-state index contributed by atoms with van der Waals surface area (Å²) in [5.74, 6) is 0.894. The monoisotopic (exact) mass is 271 g/mol. The molecule has 0 fully saturated rings. The Morgan fingerprint density at radius 1 is 0.947 bits per heavy atom. The number of fused-ring (bicyclic) bond motifs is 1. The summed E-state index contributed by atoms with van der Waals surface area (Å²) in [4.78, 5) is 0. The van der Waals surface area contributed by atoms with Crippen LogP contribution in [0.2, 0.25) is 5.02 Å². The van der Waals surface area contributed by atoms with Crippen molar-refractivity contribution in [2.45, 2.75) is 6.54 Å². The van der Waals surface area contributed by atoms with Crippen LogP contribution in [0, 0.1) is 0 Å². The zero-order valence-corrected chi connectivity index (χ0v) is 11.2. The quantitative estimate of drug-likeness (QED) is 0.687. The van der Waals surface area contributed by atoms with E-state index in [1.165, 1.54) is 0 Å². The lowest BCUT2D eigenvalue weighted by atomic mass is 10.2. The minimum atomic E-state index is 0.624. The van der Waals surface area contributed by atoms with E-state index in [2.05, 4.69) is 16.7 Å². The van der Waals surface area contributed by atoms with Crippen LogP contribution >= 0.6 is 11.6 Å². The first-order valence-electron chi connectivity index (χ1n) is 6.26. The van der Waals surface area contributed by atoms with E-state index in [-0.39, 0.29) is 0 Å². The number of rotatable bonds is 4. The Kier molecular flexibility index (Phi) is 3.43. The first-order valence-corrected chi connectivity index (χ1v) is 6.63. The van der Waals surface area contributed by atoms with Crippen molar-refractivity contribution in [3.63, 3.8) is 0 Å². The second-order valence-corrected chi connectivity index (χ2v) is 4.76. The summed E-state index contributed by atoms with van der Waals surface area (Å²) in [6.07, 6.45) is 2.05. The molecule has 3 aromatic rings. The van der Waals surface area contributed by atoms with E-state index < -0.39 is 0 Å². The van der Waals surface area contributed by atoms with Crippen LogP contribution < -0.4 is 4.74 Å². The minimum Gasteiger partial charge on any atom is -0.492 e. The van der Waals surface area contributed by atoms with Gasteiger partial charge in [-0.25, -0.2) is 0 Å². The Morgan fingerprint density at radius 2 is 1.79 bits per heavy atom. The Balaban J connectivity index is 1.72. The zero-order valence-electron chi connectivity index (χ0n) is 10.4. The topological polar surface area (TPSA) is 14.2 Å². The Hall–Kier alpha value is -1.93. The summed E-state index contributed by atoms with van der Waals surface area (Å²) >= 11 is 6.24. The predicted molar refractivity (Wildman–Crippen MR) is 78.9 cm³/mol. The second kappa shape index (κ2) is 5.37. The van der Waals surface area contributed by atoms with Gasteiger partial charge in [-0.1, -0.05) is 41.9 Å². The zero-order chi connectivity index (χ0) is 13.1. The highest BCUT2D eigenvalue weighted by Gasteiger charge is 2.04. The molecule has 3 heteroatoms. The highest BCUT2D eigenvalue weighted by atomic mass is 35.5. The highest BCUT2D eigenvalue weighted by Crippen LogP contribution is 2.24. The molecular formula is C16H14ClNO. The van der Waals surface area contributed by atoms with Crippen molar-refractivity contribution in [3.8, 4) is 5.75 Å². The molecule has 0 amide bonds. The number of nitrogens with zero attached hydrogens (tertiary/aromatic N) is 1. The summed E-state index contributed by atoms with van der Waals surface area (Å²) in [5, 5.41) is 1.94. The van der Waals surface area contributed by atoms with Crippen molar-refractivity contribution in [2.24, 2.45) is 0 Å². The number of benzene rings is 2. The Morgan fingerprint density at radius 3 is 2.63 bits per heavy atom. The van der Waals surface area contributed by atoms with Gasteiger partial charge in [0.05, 0.1) is 17.1 Å². The molecule has 0 unspecified atom stereocenters. The fourth-order valence-electron chi connectivity index (χ4n) is 2.18. The third kappa shape index (κ3) is 2.59. The molecule has 0 saturated carbocycles. The molecule has 19 heavy (non-hydrogen) atoms. The predicted octanol–water partition coefficient (Wildman–Crippen LogP) is 4.37. The molecule has 3 rings (SSSR count). The highest BCUT2D eigenvalue weighted by molar-refractivity contribution is 6.35. The lowest BCUT2D eigenvalue weighted by molar-refractivity contribution is 0.300. The first-order chi connectivity index (χ1) is 9.34. The van der Waals surface area contributed by atoms with Crippen LogP contribution in [0.5, 0.6) is 5.75 Å². The Bertz CT molecular complexity index is 676. The van der Waals surface area contributed by atoms with Crippen molar-refractivity contribution < 1.29 is 4.74 Å². The Labute approximate surface area is 117 Å². The third-order valence-corrected chi connectivity index (χ3v) is 3.39. The van der Waals surface area contributed by atoms with Crippen molar-refractivity contribution in [1.29, 1.82) is 0 Å². The summed E-state index contributed by atoms with van der Waals surface area (Å²) in [6, 6.07) is 17.9. The maximum atomic E-state index is 6.24. The lowest BCUT2D eigenvalue weighted by Crippen LogP contribution is -2.07. The van der Waals surface area contributed by atoms with Crippen molar-refractivity contribution in [1.82, 2.24) is 4.57 Å². The molecule has 2 nitrogen and oxygen atoms in total. The van der Waals surface area contributed by atoms with Crippen LogP contribution in [0.3, 0.4) is 0 Å². The maximum absolute atomic E-state index is 6.24. The minimum absolute atomic E-state index is 0.624. The van der Waals surface area contributed by atoms with Gasteiger partial charge in [0, 0.05) is 11.6 Å². The number of hydrogen-bond donors (Lipinski definition) is 0. The van der Waals surface area contributed by atoms with Crippen molar-refractivity contribution in [3.05, 3.63) is 65.8 Å². The van der Waals surface area contributed by atoms with E-state index in [1.54, 1.807) is 0 Å². The van der Waals surface area contributed by atoms with Gasteiger partial charge in [0.25, 0.3) is 0 Å². The maximum Gasteiger partial charge on any atom is 0.119 e. The van der Waals surface area contributed by atoms with Gasteiger partial charge in [0.15, 0.2) is 0 Å². The van der Waals surface area contributed by atoms with E-state index in [1.807, 2.05) is 48.7 Å². The van der Waals surface area contributed by atoms with E-state index >= 15 is 0 Å². The van der Waals surface area contributed by atoms with Gasteiger partial charge in [-0.3, -0.25) is 0 Å². The number of aromatic nitrogens is 1. The smallest absolute Gasteiger partial charge is 0.119 e. The molecule has 96 valence electrons. The van der Waals surface area contributed by atoms with Crippen molar-refractivity contribution in [2.75, 3.05) is 6.61 Å². The van der Waals surface area contributed by atoms with Crippen LogP contribution in [-0.4, -0.2) is 11.2 Å². The van der Waals surface area contributed by atoms with Gasteiger partial charge in [-0.2, -0.15) is 0 Å². The molecule has 1 aromatic heterocycles. The summed E-state index contributed by atoms with van der Waals surface area (Å²) in [5.41, 5.74) is 1.07. The van der Waals surface area contributed by atoms with Crippen LogP contribution in [0.4, 0.5) is 0 Å². The van der Waals surface area contributed by atoms with Crippen LogP contribution in [-0.2, 0) is 6.54 Å². The van der Waals surface area contributed by atoms with Gasteiger partial charge in [0.1, 0.15) is 12.4 Å². The molecule has 0 aliphatic heterocycles. The molecule has 0 bridgehead atoms. The van der Waals surface area contributed by atoms with Crippen LogP contribution in [0.15, 0.2) is 60.8 Å². The van der Waals surface area contributed by atoms with Gasteiger partial charge in [0.2, 0.25) is 0 Å². The van der Waals surface area contributed by atoms with Gasteiger partial charge >= 0.3 is 0 Å². The number of hydrogen-bond acceptors (Lipinski definition) is 1. The average molecular weight is 272 g/mol. The fourth-order valence-corrected chi connectivity index (χ4v) is 2.47. The first kappa shape index (κ1) is 12.1. The lowest BCUT2D eigenvalue weighted by Gasteiger charge is -2.08. The summed E-state index contributed by atoms with van der Waals surface area (Å²) in [7, 11) is 0. The van der Waals surface area contributed by atoms with Gasteiger partial charge in [-0.05, 0) is 24.3 Å². The number of halogens is 1. The standard InChI is InChI=1S/C16H14ClNO/c17-15-8-4-5-13-9-10-18(16(13)15)11-12-19-14-6-2-1-3-7-14/h1-10H,11-12H2. The van der Waals surface area contributed by atoms with E-state index in [0.29, 0.717) is 6.61 Å². The third-order valence-electron chi connectivity index (χ3n) is 3.08. The SMILES string of the molecule is Clc1cccc2ccn(CCOc3ccccc3)c12. The molecule has 2 aromatic carbocycles. The van der Waals surface area contributed by atoms with E-state index in [4.69, 9.17) is 16.3 Å². The molecule has 0 spiro atoms. The van der Waals surface area contributed by atoms with Gasteiger partial charge in [-0.15, -0.1) is 0 Å². The van der Waals surface area contributed by atoms with E-state index in [9.17, 15) is 0 Å². The van der Waals surface area contributed by atoms with E-state index in [0.717, 1.165) is 28.2 Å². The molecule has 0 saturated heterocycles. The molecule has 0 aliphatic rings. The summed E-state index contributed by atoms with van der Waals surface area (Å²) < 4.78 is 7.83. The van der Waals surface area contributed by atoms with Crippen LogP contribution in [0.25, 0.3) is 10.9 Å². The molecular weight excluding hydrogens is 258 g/mol. The number of para-hydroxylation sites is 2. The van der Waals surface area contributed by atoms with Gasteiger partial charge < -0.3 is 9.30 Å². The normalized spacial score (nSPS) is 10.8.